The minimum absolute atomic E-state index is 0.117. The number of halogens is 2. The van der Waals surface area contributed by atoms with Gasteiger partial charge in [-0.05, 0) is 60.0 Å². The van der Waals surface area contributed by atoms with E-state index in [1.165, 1.54) is 16.8 Å². The van der Waals surface area contributed by atoms with E-state index in [0.717, 1.165) is 25.0 Å². The van der Waals surface area contributed by atoms with Crippen molar-refractivity contribution in [2.75, 3.05) is 6.61 Å². The van der Waals surface area contributed by atoms with Crippen molar-refractivity contribution in [3.63, 3.8) is 0 Å². The number of carbonyl (C=O) groups excluding carboxylic acids is 1. The number of nitrogens with zero attached hydrogens (tertiary/aromatic N) is 4. The first-order chi connectivity index (χ1) is 14.4. The van der Waals surface area contributed by atoms with Crippen LogP contribution >= 0.6 is 0 Å². The van der Waals surface area contributed by atoms with Crippen LogP contribution in [0.15, 0.2) is 36.4 Å². The summed E-state index contributed by atoms with van der Waals surface area (Å²) in [6.07, 6.45) is 1.16. The van der Waals surface area contributed by atoms with Crippen molar-refractivity contribution < 1.29 is 23.4 Å². The number of amides is 1. The van der Waals surface area contributed by atoms with Gasteiger partial charge in [-0.3, -0.25) is 0 Å². The molecule has 0 radical (unpaired) electrons. The number of rotatable bonds is 6. The van der Waals surface area contributed by atoms with E-state index < -0.39 is 23.8 Å². The molecule has 10 heteroatoms. The summed E-state index contributed by atoms with van der Waals surface area (Å²) < 4.78 is 34.6. The highest BCUT2D eigenvalue weighted by Gasteiger charge is 2.30. The molecule has 156 valence electrons. The molecule has 1 aliphatic rings. The third-order valence-electron chi connectivity index (χ3n) is 4.66. The van der Waals surface area contributed by atoms with Gasteiger partial charge in [-0.25, -0.2) is 13.6 Å². The van der Waals surface area contributed by atoms with Crippen LogP contribution in [-0.4, -0.2) is 44.1 Å². The van der Waals surface area contributed by atoms with E-state index in [1.807, 2.05) is 0 Å². The lowest BCUT2D eigenvalue weighted by Crippen LogP contribution is -2.37. The Hall–Kier alpha value is -3.40. The molecule has 30 heavy (non-hydrogen) atoms. The highest BCUT2D eigenvalue weighted by Crippen LogP contribution is 2.40. The van der Waals surface area contributed by atoms with Gasteiger partial charge in [0.1, 0.15) is 17.4 Å². The quantitative estimate of drug-likeness (QED) is 0.642. The number of aliphatic hydroxyl groups excluding tert-OH is 1. The minimum Gasteiger partial charge on any atom is -0.410 e. The molecule has 0 aliphatic heterocycles. The molecule has 1 heterocycles. The van der Waals surface area contributed by atoms with Gasteiger partial charge < -0.3 is 15.2 Å². The van der Waals surface area contributed by atoms with E-state index in [4.69, 9.17) is 9.84 Å². The third kappa shape index (κ3) is 4.28. The maximum Gasteiger partial charge on any atom is 0.412 e. The van der Waals surface area contributed by atoms with Crippen LogP contribution in [0.4, 0.5) is 13.6 Å². The molecular weight excluding hydrogens is 396 g/mol. The Morgan fingerprint density at radius 3 is 2.80 bits per heavy atom. The van der Waals surface area contributed by atoms with Crippen LogP contribution in [-0.2, 0) is 0 Å². The van der Waals surface area contributed by atoms with Crippen LogP contribution < -0.4 is 10.1 Å². The first-order valence-electron chi connectivity index (χ1n) is 9.43. The number of tetrazole rings is 1. The van der Waals surface area contributed by atoms with Gasteiger partial charge in [0.15, 0.2) is 5.82 Å². The third-order valence-corrected chi connectivity index (χ3v) is 4.66. The summed E-state index contributed by atoms with van der Waals surface area (Å²) in [6, 6.07) is 7.39. The van der Waals surface area contributed by atoms with Gasteiger partial charge in [0.2, 0.25) is 0 Å². The second-order valence-corrected chi connectivity index (χ2v) is 7.18. The molecule has 1 amide bonds. The second kappa shape index (κ2) is 8.15. The van der Waals surface area contributed by atoms with Gasteiger partial charge in [-0.15, -0.1) is 5.10 Å². The molecule has 2 N–H and O–H groups in total. The van der Waals surface area contributed by atoms with Gasteiger partial charge >= 0.3 is 6.09 Å². The van der Waals surface area contributed by atoms with Crippen molar-refractivity contribution in [3.8, 4) is 22.6 Å². The monoisotopic (exact) mass is 415 g/mol. The number of benzene rings is 2. The molecule has 1 aromatic heterocycles. The molecule has 1 saturated carbocycles. The molecule has 1 aliphatic carbocycles. The summed E-state index contributed by atoms with van der Waals surface area (Å²) in [5.41, 5.74) is 0.967. The minimum atomic E-state index is -0.779. The summed E-state index contributed by atoms with van der Waals surface area (Å²) in [6.45, 7) is 1.36. The Kier molecular flexibility index (Phi) is 5.40. The van der Waals surface area contributed by atoms with E-state index in [1.54, 1.807) is 19.1 Å². The van der Waals surface area contributed by atoms with Crippen molar-refractivity contribution in [1.29, 1.82) is 0 Å². The molecule has 0 spiro atoms. The van der Waals surface area contributed by atoms with Crippen molar-refractivity contribution in [2.24, 2.45) is 0 Å². The summed E-state index contributed by atoms with van der Waals surface area (Å²) in [7, 11) is 0. The molecule has 1 atom stereocenters. The van der Waals surface area contributed by atoms with Gasteiger partial charge in [0.05, 0.1) is 18.3 Å². The first kappa shape index (κ1) is 19.9. The van der Waals surface area contributed by atoms with Crippen LogP contribution in [0, 0.1) is 11.6 Å². The van der Waals surface area contributed by atoms with Crippen LogP contribution in [0.1, 0.15) is 31.5 Å². The average molecular weight is 415 g/mol. The van der Waals surface area contributed by atoms with Crippen LogP contribution in [0.25, 0.3) is 16.8 Å². The first-order valence-corrected chi connectivity index (χ1v) is 9.43. The molecular formula is C20H19F2N5O3. The lowest BCUT2D eigenvalue weighted by Gasteiger charge is -2.14. The zero-order chi connectivity index (χ0) is 21.3. The van der Waals surface area contributed by atoms with Gasteiger partial charge in [0.25, 0.3) is 0 Å². The van der Waals surface area contributed by atoms with Crippen molar-refractivity contribution in [3.05, 3.63) is 53.9 Å². The summed E-state index contributed by atoms with van der Waals surface area (Å²) >= 11 is 0. The molecule has 8 nitrogen and oxygen atoms in total. The Balaban J connectivity index is 1.75. The summed E-state index contributed by atoms with van der Waals surface area (Å²) in [4.78, 5) is 12.1. The Labute approximate surface area is 170 Å². The number of hydrogen-bond donors (Lipinski definition) is 2. The normalized spacial score (nSPS) is 14.4. The maximum atomic E-state index is 14.4. The molecule has 3 aromatic rings. The number of hydrogen-bond acceptors (Lipinski definition) is 6. The highest BCUT2D eigenvalue weighted by atomic mass is 19.1. The Morgan fingerprint density at radius 1 is 1.30 bits per heavy atom. The number of ether oxygens (including phenoxy) is 1. The van der Waals surface area contributed by atoms with E-state index in [9.17, 15) is 13.6 Å². The van der Waals surface area contributed by atoms with Gasteiger partial charge in [-0.1, -0.05) is 0 Å². The number of carbonyl (C=O) groups is 1. The van der Waals surface area contributed by atoms with Gasteiger partial charge in [0, 0.05) is 23.6 Å². The average Bonchev–Trinajstić information content (AvgIpc) is 3.43. The lowest BCUT2D eigenvalue weighted by molar-refractivity contribution is 0.186. The fourth-order valence-electron chi connectivity index (χ4n) is 3.00. The molecule has 2 aromatic carbocycles. The maximum absolute atomic E-state index is 14.4. The lowest BCUT2D eigenvalue weighted by atomic mass is 10.0. The Morgan fingerprint density at radius 2 is 2.10 bits per heavy atom. The van der Waals surface area contributed by atoms with Crippen LogP contribution in [0.5, 0.6) is 5.75 Å². The van der Waals surface area contributed by atoms with Crippen LogP contribution in [0.3, 0.4) is 0 Å². The highest BCUT2D eigenvalue weighted by molar-refractivity contribution is 5.74. The summed E-state index contributed by atoms with van der Waals surface area (Å²) in [5, 5.41) is 23.3. The fourth-order valence-corrected chi connectivity index (χ4v) is 3.00. The van der Waals surface area contributed by atoms with E-state index in [2.05, 4.69) is 20.8 Å². The van der Waals surface area contributed by atoms with Crippen molar-refractivity contribution in [2.45, 2.75) is 31.7 Å². The zero-order valence-corrected chi connectivity index (χ0v) is 16.0. The zero-order valence-electron chi connectivity index (χ0n) is 16.0. The molecule has 1 fully saturated rings. The molecule has 4 rings (SSSR count). The van der Waals surface area contributed by atoms with Gasteiger partial charge in [-0.2, -0.15) is 4.68 Å². The van der Waals surface area contributed by atoms with Crippen molar-refractivity contribution in [1.82, 2.24) is 25.5 Å². The molecule has 0 bridgehead atoms. The standard InChI is InChI=1S/C20H19F2N5O3/c1-11(10-28)23-20(29)30-16-7-13(17-5-4-14(21)8-18(17)22)6-15(9-16)27-19(12-2-3-12)24-25-26-27/h4-9,11-12,28H,2-3,10H2,1H3,(H,23,29)/t11-/m0/s1. The Bertz CT molecular complexity index is 1080. The molecule has 0 unspecified atom stereocenters. The molecule has 0 saturated heterocycles. The number of aliphatic hydroxyl groups is 1. The predicted molar refractivity (Wildman–Crippen MR) is 102 cm³/mol. The van der Waals surface area contributed by atoms with Crippen molar-refractivity contribution >= 4 is 6.09 Å². The number of aromatic nitrogens is 4. The van der Waals surface area contributed by atoms with E-state index in [0.29, 0.717) is 17.1 Å². The van der Waals surface area contributed by atoms with Crippen LogP contribution in [0.2, 0.25) is 0 Å². The number of nitrogens with one attached hydrogen (secondary N) is 1. The largest absolute Gasteiger partial charge is 0.412 e. The topological polar surface area (TPSA) is 102 Å². The second-order valence-electron chi connectivity index (χ2n) is 7.18. The smallest absolute Gasteiger partial charge is 0.410 e. The summed E-state index contributed by atoms with van der Waals surface area (Å²) in [5.74, 6) is -0.431. The van der Waals surface area contributed by atoms with E-state index in [-0.39, 0.29) is 23.8 Å². The SMILES string of the molecule is C[C@@H](CO)NC(=O)Oc1cc(-c2ccc(F)cc2F)cc(-n2nnnc2C2CC2)c1. The fraction of sp³-hybridized carbons (Fsp3) is 0.300. The predicted octanol–water partition coefficient (Wildman–Crippen LogP) is 2.95. The van der Waals surface area contributed by atoms with E-state index >= 15 is 0 Å².